The van der Waals surface area contributed by atoms with E-state index in [-0.39, 0.29) is 30.2 Å². The molecule has 1 saturated carbocycles. The predicted octanol–water partition coefficient (Wildman–Crippen LogP) is 1.43. The number of benzene rings is 1. The number of carbonyl (C=O) groups excluding carboxylic acids is 1. The van der Waals surface area contributed by atoms with Crippen molar-refractivity contribution in [1.29, 1.82) is 0 Å². The van der Waals surface area contributed by atoms with Gasteiger partial charge in [-0.3, -0.25) is 4.79 Å². The third-order valence-corrected chi connectivity index (χ3v) is 3.62. The molecular formula is C16H19FN2O2. The number of carbonyl (C=O) groups is 1. The Balaban J connectivity index is 2.20. The molecule has 1 aromatic rings. The van der Waals surface area contributed by atoms with E-state index in [1.807, 2.05) is 0 Å². The average Bonchev–Trinajstić information content (AvgIpc) is 2.93. The summed E-state index contributed by atoms with van der Waals surface area (Å²) in [5, 5.41) is 2.91. The monoisotopic (exact) mass is 290 g/mol. The Hall–Kier alpha value is -1.90. The van der Waals surface area contributed by atoms with E-state index in [9.17, 15) is 9.18 Å². The Morgan fingerprint density at radius 1 is 1.52 bits per heavy atom. The molecule has 4 nitrogen and oxygen atoms in total. The second-order valence-electron chi connectivity index (χ2n) is 4.98. The topological polar surface area (TPSA) is 64.3 Å². The molecule has 0 radical (unpaired) electrons. The van der Waals surface area contributed by atoms with Gasteiger partial charge >= 0.3 is 0 Å². The zero-order valence-corrected chi connectivity index (χ0v) is 12.0. The van der Waals surface area contributed by atoms with E-state index in [2.05, 4.69) is 17.2 Å². The highest BCUT2D eigenvalue weighted by molar-refractivity contribution is 5.97. The molecule has 1 aliphatic carbocycles. The number of nitrogens with two attached hydrogens (primary N) is 1. The second kappa shape index (κ2) is 7.21. The molecule has 0 spiro atoms. The van der Waals surface area contributed by atoms with E-state index < -0.39 is 5.82 Å². The van der Waals surface area contributed by atoms with Gasteiger partial charge in [-0.1, -0.05) is 11.8 Å². The Morgan fingerprint density at radius 2 is 2.33 bits per heavy atom. The van der Waals surface area contributed by atoms with Crippen LogP contribution in [0.3, 0.4) is 0 Å². The maximum Gasteiger partial charge on any atom is 0.252 e. The molecule has 1 fully saturated rings. The summed E-state index contributed by atoms with van der Waals surface area (Å²) >= 11 is 0. The largest absolute Gasteiger partial charge is 0.379 e. The first-order chi connectivity index (χ1) is 10.2. The van der Waals surface area contributed by atoms with E-state index in [1.165, 1.54) is 18.2 Å². The molecule has 5 heteroatoms. The lowest BCUT2D eigenvalue weighted by atomic mass is 10.1. The van der Waals surface area contributed by atoms with Gasteiger partial charge in [-0.2, -0.15) is 0 Å². The van der Waals surface area contributed by atoms with Crippen molar-refractivity contribution in [2.24, 2.45) is 5.73 Å². The van der Waals surface area contributed by atoms with Crippen molar-refractivity contribution >= 4 is 5.91 Å². The van der Waals surface area contributed by atoms with Crippen LogP contribution < -0.4 is 11.1 Å². The third kappa shape index (κ3) is 3.81. The Morgan fingerprint density at radius 3 is 3.05 bits per heavy atom. The maximum absolute atomic E-state index is 13.4. The molecule has 2 atom stereocenters. The van der Waals surface area contributed by atoms with E-state index >= 15 is 0 Å². The highest BCUT2D eigenvalue weighted by Crippen LogP contribution is 2.22. The van der Waals surface area contributed by atoms with Gasteiger partial charge in [0.25, 0.3) is 5.91 Å². The number of methoxy groups -OCH3 is 1. The van der Waals surface area contributed by atoms with Crippen LogP contribution in [0.4, 0.5) is 4.39 Å². The first-order valence-electron chi connectivity index (χ1n) is 6.98. The number of ether oxygens (including phenoxy) is 1. The number of halogens is 1. The van der Waals surface area contributed by atoms with Gasteiger partial charge in [0.15, 0.2) is 0 Å². The van der Waals surface area contributed by atoms with Gasteiger partial charge < -0.3 is 15.8 Å². The summed E-state index contributed by atoms with van der Waals surface area (Å²) in [4.78, 5) is 12.4. The van der Waals surface area contributed by atoms with E-state index in [4.69, 9.17) is 10.5 Å². The smallest absolute Gasteiger partial charge is 0.252 e. The van der Waals surface area contributed by atoms with Gasteiger partial charge in [-0.05, 0) is 37.5 Å². The normalized spacial score (nSPS) is 20.7. The lowest BCUT2D eigenvalue weighted by molar-refractivity contribution is 0.0722. The molecule has 1 aliphatic rings. The van der Waals surface area contributed by atoms with Gasteiger partial charge in [0, 0.05) is 12.7 Å². The minimum Gasteiger partial charge on any atom is -0.379 e. The van der Waals surface area contributed by atoms with Gasteiger partial charge in [0.2, 0.25) is 0 Å². The Bertz CT molecular complexity index is 577. The highest BCUT2D eigenvalue weighted by atomic mass is 19.1. The van der Waals surface area contributed by atoms with Crippen molar-refractivity contribution in [3.63, 3.8) is 0 Å². The van der Waals surface area contributed by atoms with Crippen molar-refractivity contribution in [2.45, 2.75) is 31.4 Å². The molecule has 3 N–H and O–H groups in total. The Labute approximate surface area is 123 Å². The predicted molar refractivity (Wildman–Crippen MR) is 78.2 cm³/mol. The quantitative estimate of drug-likeness (QED) is 0.828. The molecule has 1 aromatic carbocycles. The summed E-state index contributed by atoms with van der Waals surface area (Å²) in [6.07, 6.45) is 2.81. The molecule has 2 rings (SSSR count). The van der Waals surface area contributed by atoms with Crippen LogP contribution in [-0.4, -0.2) is 31.7 Å². The van der Waals surface area contributed by atoms with Crippen molar-refractivity contribution in [3.8, 4) is 11.8 Å². The third-order valence-electron chi connectivity index (χ3n) is 3.62. The van der Waals surface area contributed by atoms with Gasteiger partial charge in [0.05, 0.1) is 24.3 Å². The number of hydrogen-bond donors (Lipinski definition) is 2. The van der Waals surface area contributed by atoms with Crippen LogP contribution in [0, 0.1) is 17.7 Å². The fraction of sp³-hybridized carbons (Fsp3) is 0.438. The molecule has 0 bridgehead atoms. The van der Waals surface area contributed by atoms with Crippen LogP contribution in [0.1, 0.15) is 35.2 Å². The van der Waals surface area contributed by atoms with Crippen LogP contribution in [0.15, 0.2) is 18.2 Å². The van der Waals surface area contributed by atoms with Crippen LogP contribution >= 0.6 is 0 Å². The first kappa shape index (κ1) is 15.5. The van der Waals surface area contributed by atoms with Crippen molar-refractivity contribution in [1.82, 2.24) is 5.32 Å². The van der Waals surface area contributed by atoms with Gasteiger partial charge in [-0.15, -0.1) is 0 Å². The zero-order valence-electron chi connectivity index (χ0n) is 12.0. The molecule has 1 amide bonds. The molecular weight excluding hydrogens is 271 g/mol. The zero-order chi connectivity index (χ0) is 15.2. The summed E-state index contributed by atoms with van der Waals surface area (Å²) in [6, 6.07) is 3.94. The molecule has 0 saturated heterocycles. The summed E-state index contributed by atoms with van der Waals surface area (Å²) < 4.78 is 18.8. The lowest BCUT2D eigenvalue weighted by Gasteiger charge is -2.20. The number of amides is 1. The summed E-state index contributed by atoms with van der Waals surface area (Å²) in [5.41, 5.74) is 6.05. The Kier molecular flexibility index (Phi) is 5.32. The number of hydrogen-bond acceptors (Lipinski definition) is 3. The first-order valence-corrected chi connectivity index (χ1v) is 6.98. The standard InChI is InChI=1S/C16H19FN2O2/c1-21-15-6-2-5-14(15)19-16(20)13-10-12(17)8-7-11(13)4-3-9-18/h7-8,10,14-15H,2,5-6,9,18H2,1H3,(H,19,20). The SMILES string of the molecule is COC1CCCC1NC(=O)c1cc(F)ccc1C#CCN. The maximum atomic E-state index is 13.4. The van der Waals surface area contributed by atoms with E-state index in [0.29, 0.717) is 5.56 Å². The minimum atomic E-state index is -0.465. The van der Waals surface area contributed by atoms with Crippen molar-refractivity contribution < 1.29 is 13.9 Å². The van der Waals surface area contributed by atoms with Gasteiger partial charge in [-0.25, -0.2) is 4.39 Å². The highest BCUT2D eigenvalue weighted by Gasteiger charge is 2.29. The average molecular weight is 290 g/mol. The van der Waals surface area contributed by atoms with Crippen LogP contribution in [-0.2, 0) is 4.74 Å². The fourth-order valence-electron chi connectivity index (χ4n) is 2.58. The molecule has 2 unspecified atom stereocenters. The minimum absolute atomic E-state index is 0.0149. The molecule has 21 heavy (non-hydrogen) atoms. The van der Waals surface area contributed by atoms with Crippen LogP contribution in [0.2, 0.25) is 0 Å². The van der Waals surface area contributed by atoms with E-state index in [1.54, 1.807) is 7.11 Å². The van der Waals surface area contributed by atoms with Crippen molar-refractivity contribution in [3.05, 3.63) is 35.1 Å². The molecule has 0 heterocycles. The van der Waals surface area contributed by atoms with Crippen LogP contribution in [0.25, 0.3) is 0 Å². The summed E-state index contributed by atoms with van der Waals surface area (Å²) in [5.74, 6) is 4.69. The molecule has 112 valence electrons. The number of nitrogens with one attached hydrogen (secondary N) is 1. The van der Waals surface area contributed by atoms with Crippen LogP contribution in [0.5, 0.6) is 0 Å². The van der Waals surface area contributed by atoms with E-state index in [0.717, 1.165) is 19.3 Å². The lowest BCUT2D eigenvalue weighted by Crippen LogP contribution is -2.41. The van der Waals surface area contributed by atoms with Gasteiger partial charge in [0.1, 0.15) is 5.82 Å². The molecule has 0 aromatic heterocycles. The fourth-order valence-corrected chi connectivity index (χ4v) is 2.58. The van der Waals surface area contributed by atoms with Crippen molar-refractivity contribution in [2.75, 3.05) is 13.7 Å². The number of rotatable bonds is 3. The summed E-state index contributed by atoms with van der Waals surface area (Å²) in [6.45, 7) is 0.187. The molecule has 0 aliphatic heterocycles. The summed E-state index contributed by atoms with van der Waals surface area (Å²) in [7, 11) is 1.63. The second-order valence-corrected chi connectivity index (χ2v) is 4.98.